The van der Waals surface area contributed by atoms with Crippen LogP contribution in [0, 0.1) is 0 Å². The summed E-state index contributed by atoms with van der Waals surface area (Å²) >= 11 is 0. The van der Waals surface area contributed by atoms with Gasteiger partial charge in [0, 0.05) is 17.0 Å². The lowest BCUT2D eigenvalue weighted by Gasteiger charge is -2.18. The SMILES string of the molecule is CC1(C)C=CC=[NH+]c2ccccc21. The lowest BCUT2D eigenvalue weighted by Crippen LogP contribution is -2.61. The van der Waals surface area contributed by atoms with E-state index in [-0.39, 0.29) is 5.41 Å². The molecule has 0 saturated carbocycles. The zero-order chi connectivity index (χ0) is 9.31. The molecule has 0 bridgehead atoms. The molecule has 1 aliphatic heterocycles. The van der Waals surface area contributed by atoms with Crippen LogP contribution in [0.15, 0.2) is 36.4 Å². The Hall–Kier alpha value is -1.37. The zero-order valence-electron chi connectivity index (χ0n) is 8.04. The lowest BCUT2D eigenvalue weighted by atomic mass is 9.84. The van der Waals surface area contributed by atoms with Crippen LogP contribution in [0.3, 0.4) is 0 Å². The Morgan fingerprint density at radius 3 is 2.77 bits per heavy atom. The maximum Gasteiger partial charge on any atom is 0.207 e. The van der Waals surface area contributed by atoms with E-state index in [0.717, 1.165) is 0 Å². The number of fused-ring (bicyclic) bond motifs is 1. The third-order valence-electron chi connectivity index (χ3n) is 2.47. The summed E-state index contributed by atoms with van der Waals surface area (Å²) in [5, 5.41) is 0. The Morgan fingerprint density at radius 1 is 1.15 bits per heavy atom. The van der Waals surface area contributed by atoms with Crippen LogP contribution in [0.1, 0.15) is 19.4 Å². The van der Waals surface area contributed by atoms with Crippen LogP contribution in [0.2, 0.25) is 0 Å². The van der Waals surface area contributed by atoms with Gasteiger partial charge >= 0.3 is 0 Å². The summed E-state index contributed by atoms with van der Waals surface area (Å²) in [6.45, 7) is 4.45. The molecule has 1 heterocycles. The fourth-order valence-corrected chi connectivity index (χ4v) is 1.69. The first-order valence-corrected chi connectivity index (χ1v) is 4.57. The predicted molar refractivity (Wildman–Crippen MR) is 55.3 cm³/mol. The van der Waals surface area contributed by atoms with Crippen molar-refractivity contribution >= 4 is 11.9 Å². The van der Waals surface area contributed by atoms with E-state index < -0.39 is 0 Å². The van der Waals surface area contributed by atoms with Crippen molar-refractivity contribution in [3.63, 3.8) is 0 Å². The highest BCUT2D eigenvalue weighted by Gasteiger charge is 2.23. The van der Waals surface area contributed by atoms with Crippen molar-refractivity contribution in [2.24, 2.45) is 0 Å². The number of hydrogen-bond acceptors (Lipinski definition) is 0. The van der Waals surface area contributed by atoms with Gasteiger partial charge in [0.2, 0.25) is 5.69 Å². The van der Waals surface area contributed by atoms with Crippen LogP contribution in [0.5, 0.6) is 0 Å². The molecule has 0 aromatic heterocycles. The van der Waals surface area contributed by atoms with Crippen molar-refractivity contribution in [1.29, 1.82) is 0 Å². The largest absolute Gasteiger partial charge is 0.211 e. The first-order chi connectivity index (χ1) is 6.20. The number of rotatable bonds is 0. The fraction of sp³-hybridized carbons (Fsp3) is 0.250. The van der Waals surface area contributed by atoms with Gasteiger partial charge in [-0.3, -0.25) is 0 Å². The molecule has 2 rings (SSSR count). The number of benzene rings is 1. The van der Waals surface area contributed by atoms with Gasteiger partial charge in [0.25, 0.3) is 0 Å². The molecule has 0 spiro atoms. The average molecular weight is 172 g/mol. The molecular weight excluding hydrogens is 158 g/mol. The highest BCUT2D eigenvalue weighted by atomic mass is 14.7. The molecule has 0 radical (unpaired) electrons. The van der Waals surface area contributed by atoms with Gasteiger partial charge in [0.05, 0.1) is 0 Å². The molecule has 0 aliphatic carbocycles. The molecule has 0 atom stereocenters. The van der Waals surface area contributed by atoms with Crippen LogP contribution in [0.4, 0.5) is 5.69 Å². The molecule has 1 aromatic rings. The number of hydrogen-bond donors (Lipinski definition) is 1. The summed E-state index contributed by atoms with van der Waals surface area (Å²) in [6, 6.07) is 8.43. The Bertz CT molecular complexity index is 372. The van der Waals surface area contributed by atoms with Crippen LogP contribution in [0.25, 0.3) is 0 Å². The van der Waals surface area contributed by atoms with Crippen molar-refractivity contribution in [3.8, 4) is 0 Å². The Kier molecular flexibility index (Phi) is 1.80. The van der Waals surface area contributed by atoms with Gasteiger partial charge in [-0.1, -0.05) is 38.1 Å². The summed E-state index contributed by atoms with van der Waals surface area (Å²) in [7, 11) is 0. The molecule has 1 heteroatoms. The number of allylic oxidation sites excluding steroid dienone is 2. The van der Waals surface area contributed by atoms with E-state index in [9.17, 15) is 0 Å². The van der Waals surface area contributed by atoms with Crippen LogP contribution < -0.4 is 4.99 Å². The summed E-state index contributed by atoms with van der Waals surface area (Å²) in [4.78, 5) is 3.27. The summed E-state index contributed by atoms with van der Waals surface area (Å²) < 4.78 is 0. The fourth-order valence-electron chi connectivity index (χ4n) is 1.69. The van der Waals surface area contributed by atoms with Crippen molar-refractivity contribution in [2.75, 3.05) is 0 Å². The maximum atomic E-state index is 3.27. The number of para-hydroxylation sites is 1. The van der Waals surface area contributed by atoms with Gasteiger partial charge < -0.3 is 0 Å². The van der Waals surface area contributed by atoms with Crippen molar-refractivity contribution in [1.82, 2.24) is 0 Å². The Labute approximate surface area is 78.8 Å². The molecule has 0 unspecified atom stereocenters. The van der Waals surface area contributed by atoms with Crippen LogP contribution in [-0.2, 0) is 5.41 Å². The minimum Gasteiger partial charge on any atom is -0.211 e. The van der Waals surface area contributed by atoms with Crippen molar-refractivity contribution < 1.29 is 4.99 Å². The van der Waals surface area contributed by atoms with Crippen LogP contribution in [-0.4, -0.2) is 6.21 Å². The highest BCUT2D eigenvalue weighted by Crippen LogP contribution is 2.28. The van der Waals surface area contributed by atoms with E-state index in [4.69, 9.17) is 0 Å². The van der Waals surface area contributed by atoms with Gasteiger partial charge in [-0.05, 0) is 6.08 Å². The second kappa shape index (κ2) is 2.84. The quantitative estimate of drug-likeness (QED) is 0.606. The molecule has 1 aromatic carbocycles. The Balaban J connectivity index is 2.64. The molecule has 0 saturated heterocycles. The lowest BCUT2D eigenvalue weighted by molar-refractivity contribution is -0.347. The topological polar surface area (TPSA) is 14.0 Å². The molecule has 1 nitrogen and oxygen atoms in total. The second-order valence-electron chi connectivity index (χ2n) is 3.94. The minimum absolute atomic E-state index is 0.122. The average Bonchev–Trinajstić information content (AvgIpc) is 2.26. The van der Waals surface area contributed by atoms with E-state index in [2.05, 4.69) is 55.3 Å². The zero-order valence-corrected chi connectivity index (χ0v) is 8.04. The molecule has 0 fully saturated rings. The Morgan fingerprint density at radius 2 is 1.92 bits per heavy atom. The molecule has 13 heavy (non-hydrogen) atoms. The summed E-state index contributed by atoms with van der Waals surface area (Å²) in [5.41, 5.74) is 2.67. The van der Waals surface area contributed by atoms with Crippen LogP contribution >= 0.6 is 0 Å². The minimum atomic E-state index is 0.122. The van der Waals surface area contributed by atoms with E-state index in [1.54, 1.807) is 0 Å². The normalized spacial score (nSPS) is 18.0. The second-order valence-corrected chi connectivity index (χ2v) is 3.94. The van der Waals surface area contributed by atoms with Gasteiger partial charge in [-0.15, -0.1) is 0 Å². The first kappa shape index (κ1) is 8.24. The third-order valence-corrected chi connectivity index (χ3v) is 2.47. The van der Waals surface area contributed by atoms with Gasteiger partial charge in [0.15, 0.2) is 6.21 Å². The third kappa shape index (κ3) is 1.42. The van der Waals surface area contributed by atoms with E-state index in [0.29, 0.717) is 0 Å². The van der Waals surface area contributed by atoms with Gasteiger partial charge in [-0.2, -0.15) is 0 Å². The molecule has 1 N–H and O–H groups in total. The van der Waals surface area contributed by atoms with Gasteiger partial charge in [0.1, 0.15) is 0 Å². The maximum absolute atomic E-state index is 3.27. The van der Waals surface area contributed by atoms with E-state index in [1.165, 1.54) is 11.3 Å². The van der Waals surface area contributed by atoms with E-state index >= 15 is 0 Å². The summed E-state index contributed by atoms with van der Waals surface area (Å²) in [6.07, 6.45) is 6.26. The van der Waals surface area contributed by atoms with Crippen molar-refractivity contribution in [3.05, 3.63) is 42.0 Å². The molecular formula is C12H14N+. The summed E-state index contributed by atoms with van der Waals surface area (Å²) in [5.74, 6) is 0. The highest BCUT2D eigenvalue weighted by molar-refractivity contribution is 5.69. The monoisotopic (exact) mass is 172 g/mol. The number of nitrogens with one attached hydrogen (secondary N) is 1. The first-order valence-electron chi connectivity index (χ1n) is 4.57. The predicted octanol–water partition coefficient (Wildman–Crippen LogP) is 1.32. The molecule has 66 valence electrons. The molecule has 1 aliphatic rings. The standard InChI is InChI=1S/C12H13N/c1-12(2)8-5-9-13-11-7-4-3-6-10(11)12/h3-9H,1-2H3/p+1. The molecule has 0 amide bonds. The van der Waals surface area contributed by atoms with E-state index in [1.807, 2.05) is 6.21 Å². The smallest absolute Gasteiger partial charge is 0.207 e. The van der Waals surface area contributed by atoms with Gasteiger partial charge in [-0.25, -0.2) is 4.99 Å². The van der Waals surface area contributed by atoms with Crippen molar-refractivity contribution in [2.45, 2.75) is 19.3 Å².